The second-order valence-electron chi connectivity index (χ2n) is 4.63. The summed E-state index contributed by atoms with van der Waals surface area (Å²) in [6.07, 6.45) is 3.75. The second-order valence-corrected chi connectivity index (χ2v) is 5.55. The fraction of sp³-hybridized carbons (Fsp3) is 0.357. The fourth-order valence-electron chi connectivity index (χ4n) is 1.79. The maximum Gasteiger partial charge on any atom is 0.244 e. The zero-order valence-electron chi connectivity index (χ0n) is 10.4. The van der Waals surface area contributed by atoms with Gasteiger partial charge in [0.1, 0.15) is 5.60 Å². The van der Waals surface area contributed by atoms with Crippen LogP contribution in [-0.4, -0.2) is 36.4 Å². The van der Waals surface area contributed by atoms with Crippen molar-refractivity contribution in [2.24, 2.45) is 0 Å². The van der Waals surface area contributed by atoms with Crippen LogP contribution in [0, 0.1) is 0 Å². The summed E-state index contributed by atoms with van der Waals surface area (Å²) < 4.78 is 6.11. The Morgan fingerprint density at radius 1 is 1.47 bits per heavy atom. The van der Waals surface area contributed by atoms with Gasteiger partial charge in [-0.1, -0.05) is 28.1 Å². The van der Waals surface area contributed by atoms with Gasteiger partial charge in [0.05, 0.1) is 6.61 Å². The molecule has 1 unspecified atom stereocenters. The molecule has 1 aliphatic heterocycles. The van der Waals surface area contributed by atoms with E-state index in [0.29, 0.717) is 13.0 Å². The van der Waals surface area contributed by atoms with Crippen LogP contribution in [0.15, 0.2) is 34.8 Å². The molecule has 1 saturated heterocycles. The molecule has 1 fully saturated rings. The fourth-order valence-corrected chi connectivity index (χ4v) is 2.06. The molecule has 2 N–H and O–H groups in total. The molecule has 0 spiro atoms. The highest BCUT2D eigenvalue weighted by Crippen LogP contribution is 2.16. The first-order valence-electron chi connectivity index (χ1n) is 6.09. The summed E-state index contributed by atoms with van der Waals surface area (Å²) in [5, 5.41) is 12.7. The van der Waals surface area contributed by atoms with Crippen molar-refractivity contribution in [2.75, 3.05) is 19.8 Å². The number of aliphatic hydroxyl groups is 1. The highest BCUT2D eigenvalue weighted by Gasteiger charge is 2.32. The zero-order chi connectivity index (χ0) is 13.7. The summed E-state index contributed by atoms with van der Waals surface area (Å²) in [4.78, 5) is 11.6. The molecule has 5 heteroatoms. The van der Waals surface area contributed by atoms with Crippen molar-refractivity contribution in [3.63, 3.8) is 0 Å². The third-order valence-corrected chi connectivity index (χ3v) is 3.50. The quantitative estimate of drug-likeness (QED) is 0.829. The number of carbonyl (C=O) groups is 1. The standard InChI is InChI=1S/C14H16BrNO3/c15-12-4-1-11(2-5-12)3-6-13(17)16-9-14(18)7-8-19-10-14/h1-6,18H,7-10H2,(H,16,17)/b6-3+. The predicted octanol–water partition coefficient (Wildman–Crippen LogP) is 1.73. The van der Waals surface area contributed by atoms with Crippen molar-refractivity contribution in [2.45, 2.75) is 12.0 Å². The first-order valence-corrected chi connectivity index (χ1v) is 6.88. The average Bonchev–Trinajstić information content (AvgIpc) is 2.83. The van der Waals surface area contributed by atoms with E-state index < -0.39 is 5.60 Å². The number of hydrogen-bond donors (Lipinski definition) is 2. The third kappa shape index (κ3) is 4.45. The molecule has 0 aliphatic carbocycles. The second kappa shape index (κ2) is 6.32. The first-order chi connectivity index (χ1) is 9.07. The summed E-state index contributed by atoms with van der Waals surface area (Å²) in [6, 6.07) is 7.64. The van der Waals surface area contributed by atoms with Crippen molar-refractivity contribution in [3.8, 4) is 0 Å². The van der Waals surface area contributed by atoms with Crippen molar-refractivity contribution in [1.29, 1.82) is 0 Å². The number of halogens is 1. The Morgan fingerprint density at radius 3 is 2.84 bits per heavy atom. The van der Waals surface area contributed by atoms with Gasteiger partial charge in [-0.05, 0) is 23.8 Å². The van der Waals surface area contributed by atoms with Gasteiger partial charge in [-0.15, -0.1) is 0 Å². The molecule has 1 amide bonds. The minimum atomic E-state index is -0.916. The molecule has 4 nitrogen and oxygen atoms in total. The van der Waals surface area contributed by atoms with Crippen molar-refractivity contribution in [3.05, 3.63) is 40.4 Å². The summed E-state index contributed by atoms with van der Waals surface area (Å²) in [5.41, 5.74) is 0.0300. The minimum Gasteiger partial charge on any atom is -0.386 e. The highest BCUT2D eigenvalue weighted by molar-refractivity contribution is 9.10. The van der Waals surface area contributed by atoms with Gasteiger partial charge in [-0.25, -0.2) is 0 Å². The molecule has 102 valence electrons. The molecule has 1 heterocycles. The van der Waals surface area contributed by atoms with Crippen LogP contribution in [-0.2, 0) is 9.53 Å². The summed E-state index contributed by atoms with van der Waals surface area (Å²) in [7, 11) is 0. The van der Waals surface area contributed by atoms with E-state index >= 15 is 0 Å². The topological polar surface area (TPSA) is 58.6 Å². The Balaban J connectivity index is 1.82. The van der Waals surface area contributed by atoms with E-state index in [0.717, 1.165) is 10.0 Å². The highest BCUT2D eigenvalue weighted by atomic mass is 79.9. The average molecular weight is 326 g/mol. The van der Waals surface area contributed by atoms with Gasteiger partial charge in [0.25, 0.3) is 0 Å². The molecule has 1 aromatic carbocycles. The van der Waals surface area contributed by atoms with Crippen LogP contribution < -0.4 is 5.32 Å². The van der Waals surface area contributed by atoms with E-state index in [4.69, 9.17) is 4.74 Å². The van der Waals surface area contributed by atoms with E-state index in [2.05, 4.69) is 21.2 Å². The molecular weight excluding hydrogens is 310 g/mol. The van der Waals surface area contributed by atoms with Crippen LogP contribution in [0.2, 0.25) is 0 Å². The Bertz CT molecular complexity index is 464. The molecule has 0 aromatic heterocycles. The maximum atomic E-state index is 11.6. The van der Waals surface area contributed by atoms with Crippen molar-refractivity contribution in [1.82, 2.24) is 5.32 Å². The largest absolute Gasteiger partial charge is 0.386 e. The van der Waals surface area contributed by atoms with Gasteiger partial charge in [0.15, 0.2) is 0 Å². The Labute approximate surface area is 120 Å². The first kappa shape index (κ1) is 14.2. The van der Waals surface area contributed by atoms with Crippen LogP contribution in [0.25, 0.3) is 6.08 Å². The van der Waals surface area contributed by atoms with Gasteiger partial charge in [0, 0.05) is 30.1 Å². The molecule has 0 saturated carbocycles. The molecule has 0 bridgehead atoms. The molecule has 0 radical (unpaired) electrons. The summed E-state index contributed by atoms with van der Waals surface area (Å²) in [5.74, 6) is -0.219. The van der Waals surface area contributed by atoms with Gasteiger partial charge in [0.2, 0.25) is 5.91 Å². The maximum absolute atomic E-state index is 11.6. The van der Waals surface area contributed by atoms with Crippen molar-refractivity contribution >= 4 is 27.9 Å². The Morgan fingerprint density at radius 2 is 2.21 bits per heavy atom. The van der Waals surface area contributed by atoms with Crippen LogP contribution in [0.3, 0.4) is 0 Å². The molecular formula is C14H16BrNO3. The van der Waals surface area contributed by atoms with E-state index in [9.17, 15) is 9.90 Å². The van der Waals surface area contributed by atoms with Crippen LogP contribution >= 0.6 is 15.9 Å². The van der Waals surface area contributed by atoms with E-state index in [1.54, 1.807) is 6.08 Å². The van der Waals surface area contributed by atoms with Crippen LogP contribution in [0.5, 0.6) is 0 Å². The number of nitrogens with one attached hydrogen (secondary N) is 1. The number of rotatable bonds is 4. The zero-order valence-corrected chi connectivity index (χ0v) is 12.0. The minimum absolute atomic E-state index is 0.219. The Kier molecular flexibility index (Phi) is 4.74. The number of benzene rings is 1. The van der Waals surface area contributed by atoms with Gasteiger partial charge < -0.3 is 15.2 Å². The van der Waals surface area contributed by atoms with Crippen LogP contribution in [0.1, 0.15) is 12.0 Å². The van der Waals surface area contributed by atoms with Gasteiger partial charge in [-0.3, -0.25) is 4.79 Å². The molecule has 1 aliphatic rings. The van der Waals surface area contributed by atoms with E-state index in [-0.39, 0.29) is 19.1 Å². The molecule has 19 heavy (non-hydrogen) atoms. The number of carbonyl (C=O) groups excluding carboxylic acids is 1. The van der Waals surface area contributed by atoms with Gasteiger partial charge in [-0.2, -0.15) is 0 Å². The lowest BCUT2D eigenvalue weighted by molar-refractivity contribution is -0.117. The number of amides is 1. The summed E-state index contributed by atoms with van der Waals surface area (Å²) >= 11 is 3.35. The smallest absolute Gasteiger partial charge is 0.244 e. The lowest BCUT2D eigenvalue weighted by Gasteiger charge is -2.19. The molecule has 1 atom stereocenters. The van der Waals surface area contributed by atoms with E-state index in [1.807, 2.05) is 24.3 Å². The molecule has 2 rings (SSSR count). The van der Waals surface area contributed by atoms with Crippen molar-refractivity contribution < 1.29 is 14.6 Å². The molecule has 1 aromatic rings. The monoisotopic (exact) mass is 325 g/mol. The lowest BCUT2D eigenvalue weighted by atomic mass is 10.0. The van der Waals surface area contributed by atoms with E-state index in [1.165, 1.54) is 6.08 Å². The summed E-state index contributed by atoms with van der Waals surface area (Å²) in [6.45, 7) is 1.04. The lowest BCUT2D eigenvalue weighted by Crippen LogP contribution is -2.42. The van der Waals surface area contributed by atoms with Crippen LogP contribution in [0.4, 0.5) is 0 Å². The number of hydrogen-bond acceptors (Lipinski definition) is 3. The Hall–Kier alpha value is -1.17. The SMILES string of the molecule is O=C(/C=C/c1ccc(Br)cc1)NCC1(O)CCOC1. The normalized spacial score (nSPS) is 22.8. The number of ether oxygens (including phenoxy) is 1. The predicted molar refractivity (Wildman–Crippen MR) is 76.6 cm³/mol. The van der Waals surface area contributed by atoms with Gasteiger partial charge >= 0.3 is 0 Å². The third-order valence-electron chi connectivity index (χ3n) is 2.97.